The van der Waals surface area contributed by atoms with Gasteiger partial charge in [0.05, 0.1) is 4.92 Å². The summed E-state index contributed by atoms with van der Waals surface area (Å²) in [5.41, 5.74) is -0.439. The Morgan fingerprint density at radius 3 is 2.84 bits per heavy atom. The van der Waals surface area contributed by atoms with Crippen LogP contribution in [0.25, 0.3) is 0 Å². The molecule has 0 saturated heterocycles. The molecular formula is C12H14ClN3O3. The lowest BCUT2D eigenvalue weighted by atomic mass is 10.2. The third-order valence-electron chi connectivity index (χ3n) is 3.42. The van der Waals surface area contributed by atoms with Gasteiger partial charge in [-0.15, -0.1) is 0 Å². The predicted octanol–water partition coefficient (Wildman–Crippen LogP) is 2.37. The fraction of sp³-hybridized carbons (Fsp3) is 0.500. The van der Waals surface area contributed by atoms with Gasteiger partial charge in [0.1, 0.15) is 5.56 Å². The Balaban J connectivity index is 2.23. The molecule has 7 heteroatoms. The number of nitrogens with zero attached hydrogens (tertiary/aromatic N) is 3. The van der Waals surface area contributed by atoms with Gasteiger partial charge in [-0.3, -0.25) is 14.9 Å². The number of hydrogen-bond acceptors (Lipinski definition) is 4. The summed E-state index contributed by atoms with van der Waals surface area (Å²) in [7, 11) is 1.64. The summed E-state index contributed by atoms with van der Waals surface area (Å²) in [5.74, 6) is 0.715. The van der Waals surface area contributed by atoms with Crippen molar-refractivity contribution < 1.29 is 9.72 Å². The zero-order chi connectivity index (χ0) is 14.2. The van der Waals surface area contributed by atoms with Gasteiger partial charge in [0.15, 0.2) is 0 Å². The Labute approximate surface area is 115 Å². The van der Waals surface area contributed by atoms with E-state index < -0.39 is 16.5 Å². The maximum atomic E-state index is 12.2. The maximum absolute atomic E-state index is 12.2. The maximum Gasteiger partial charge on any atom is 0.319 e. The summed E-state index contributed by atoms with van der Waals surface area (Å²) < 4.78 is 0. The molecular weight excluding hydrogens is 270 g/mol. The lowest BCUT2D eigenvalue weighted by Crippen LogP contribution is -2.29. The average Bonchev–Trinajstić information content (AvgIpc) is 3.02. The van der Waals surface area contributed by atoms with Crippen LogP contribution in [-0.4, -0.2) is 34.3 Å². The Morgan fingerprint density at radius 2 is 2.32 bits per heavy atom. The van der Waals surface area contributed by atoms with E-state index in [0.29, 0.717) is 18.4 Å². The molecule has 0 N–H and O–H groups in total. The quantitative estimate of drug-likeness (QED) is 0.483. The molecule has 1 amide bonds. The number of carbonyl (C=O) groups is 1. The lowest BCUT2D eigenvalue weighted by Gasteiger charge is -2.17. The average molecular weight is 284 g/mol. The van der Waals surface area contributed by atoms with Crippen molar-refractivity contribution in [1.29, 1.82) is 0 Å². The smallest absolute Gasteiger partial charge is 0.319 e. The highest BCUT2D eigenvalue weighted by molar-refractivity contribution is 6.32. The predicted molar refractivity (Wildman–Crippen MR) is 70.1 cm³/mol. The largest absolute Gasteiger partial charge is 0.341 e. The molecule has 0 radical (unpaired) electrons. The van der Waals surface area contributed by atoms with E-state index >= 15 is 0 Å². The van der Waals surface area contributed by atoms with Crippen LogP contribution in [0.4, 0.5) is 5.69 Å². The number of rotatable bonds is 4. The minimum Gasteiger partial charge on any atom is -0.341 e. The Bertz CT molecular complexity index is 535. The normalized spacial score (nSPS) is 21.0. The van der Waals surface area contributed by atoms with E-state index in [1.165, 1.54) is 17.2 Å². The number of carbonyl (C=O) groups excluding carboxylic acids is 1. The van der Waals surface area contributed by atoms with Gasteiger partial charge in [0, 0.05) is 19.8 Å². The number of pyridine rings is 1. The SMILES string of the molecule is CC1CC1CN(C)C(=O)c1ccnc(Cl)c1[N+](=O)[O-]. The van der Waals surface area contributed by atoms with Gasteiger partial charge >= 0.3 is 5.69 Å². The molecule has 0 bridgehead atoms. The monoisotopic (exact) mass is 283 g/mol. The molecule has 1 fully saturated rings. The van der Waals surface area contributed by atoms with Crippen molar-refractivity contribution in [2.45, 2.75) is 13.3 Å². The molecule has 19 heavy (non-hydrogen) atoms. The van der Waals surface area contributed by atoms with Gasteiger partial charge in [-0.05, 0) is 24.3 Å². The molecule has 1 aromatic rings. The summed E-state index contributed by atoms with van der Waals surface area (Å²) in [6.07, 6.45) is 2.40. The molecule has 1 aliphatic carbocycles. The van der Waals surface area contributed by atoms with Crippen LogP contribution >= 0.6 is 11.6 Å². The van der Waals surface area contributed by atoms with Crippen molar-refractivity contribution in [2.75, 3.05) is 13.6 Å². The van der Waals surface area contributed by atoms with Crippen LogP contribution in [0.3, 0.4) is 0 Å². The fourth-order valence-electron chi connectivity index (χ4n) is 2.07. The van der Waals surface area contributed by atoms with Crippen molar-refractivity contribution >= 4 is 23.2 Å². The molecule has 0 spiro atoms. The van der Waals surface area contributed by atoms with Crippen LogP contribution in [0.2, 0.25) is 5.15 Å². The summed E-state index contributed by atoms with van der Waals surface area (Å²) >= 11 is 5.69. The Morgan fingerprint density at radius 1 is 1.68 bits per heavy atom. The third-order valence-corrected chi connectivity index (χ3v) is 3.70. The van der Waals surface area contributed by atoms with Crippen LogP contribution in [0, 0.1) is 22.0 Å². The minimum absolute atomic E-state index is 0.0131. The van der Waals surface area contributed by atoms with Crippen LogP contribution in [-0.2, 0) is 0 Å². The zero-order valence-corrected chi connectivity index (χ0v) is 11.4. The second kappa shape index (κ2) is 5.13. The highest BCUT2D eigenvalue weighted by Crippen LogP contribution is 2.38. The van der Waals surface area contributed by atoms with Gasteiger partial charge in [-0.25, -0.2) is 4.98 Å². The number of amides is 1. The summed E-state index contributed by atoms with van der Waals surface area (Å²) in [6.45, 7) is 2.73. The van der Waals surface area contributed by atoms with E-state index in [2.05, 4.69) is 11.9 Å². The number of hydrogen-bond donors (Lipinski definition) is 0. The summed E-state index contributed by atoms with van der Waals surface area (Å²) in [6, 6.07) is 1.33. The van der Waals surface area contributed by atoms with Crippen LogP contribution in [0.5, 0.6) is 0 Å². The van der Waals surface area contributed by atoms with Gasteiger partial charge in [0.2, 0.25) is 5.15 Å². The first-order valence-corrected chi connectivity index (χ1v) is 6.34. The van der Waals surface area contributed by atoms with Crippen molar-refractivity contribution in [3.05, 3.63) is 33.1 Å². The van der Waals surface area contributed by atoms with E-state index in [9.17, 15) is 14.9 Å². The van der Waals surface area contributed by atoms with Gasteiger partial charge in [-0.2, -0.15) is 0 Å². The molecule has 1 aliphatic rings. The molecule has 0 aromatic carbocycles. The standard InChI is InChI=1S/C12H14ClN3O3/c1-7-5-8(7)6-15(2)12(17)9-3-4-14-11(13)10(9)16(18)19/h3-4,7-8H,5-6H2,1-2H3. The van der Waals surface area contributed by atoms with E-state index in [4.69, 9.17) is 11.6 Å². The lowest BCUT2D eigenvalue weighted by molar-refractivity contribution is -0.385. The van der Waals surface area contributed by atoms with Crippen molar-refractivity contribution in [1.82, 2.24) is 9.88 Å². The van der Waals surface area contributed by atoms with Gasteiger partial charge < -0.3 is 4.90 Å². The van der Waals surface area contributed by atoms with Crippen LogP contribution in [0.1, 0.15) is 23.7 Å². The molecule has 0 aliphatic heterocycles. The van der Waals surface area contributed by atoms with Gasteiger partial charge in [0.25, 0.3) is 5.91 Å². The van der Waals surface area contributed by atoms with E-state index in [-0.39, 0.29) is 10.7 Å². The minimum atomic E-state index is -0.670. The zero-order valence-electron chi connectivity index (χ0n) is 10.7. The molecule has 2 unspecified atom stereocenters. The molecule has 102 valence electrons. The highest BCUT2D eigenvalue weighted by atomic mass is 35.5. The molecule has 1 aromatic heterocycles. The first kappa shape index (κ1) is 13.7. The third kappa shape index (κ3) is 2.84. The second-order valence-corrected chi connectivity index (χ2v) is 5.27. The Kier molecular flexibility index (Phi) is 3.71. The molecule has 6 nitrogen and oxygen atoms in total. The molecule has 2 rings (SSSR count). The highest BCUT2D eigenvalue weighted by Gasteiger charge is 2.35. The second-order valence-electron chi connectivity index (χ2n) is 4.91. The molecule has 1 heterocycles. The summed E-state index contributed by atoms with van der Waals surface area (Å²) in [5, 5.41) is 10.7. The first-order chi connectivity index (χ1) is 8.91. The van der Waals surface area contributed by atoms with Gasteiger partial charge in [-0.1, -0.05) is 18.5 Å². The van der Waals surface area contributed by atoms with Crippen LogP contribution < -0.4 is 0 Å². The number of halogens is 1. The topological polar surface area (TPSA) is 76.3 Å². The van der Waals surface area contributed by atoms with Crippen molar-refractivity contribution in [2.24, 2.45) is 11.8 Å². The first-order valence-electron chi connectivity index (χ1n) is 5.96. The van der Waals surface area contributed by atoms with Crippen molar-refractivity contribution in [3.63, 3.8) is 0 Å². The van der Waals surface area contributed by atoms with Crippen molar-refractivity contribution in [3.8, 4) is 0 Å². The Hall–Kier alpha value is -1.69. The van der Waals surface area contributed by atoms with Crippen LogP contribution in [0.15, 0.2) is 12.3 Å². The number of nitro groups is 1. The van der Waals surface area contributed by atoms with E-state index in [0.717, 1.165) is 6.42 Å². The summed E-state index contributed by atoms with van der Waals surface area (Å²) in [4.78, 5) is 27.7. The molecule has 1 saturated carbocycles. The van der Waals surface area contributed by atoms with E-state index in [1.54, 1.807) is 7.05 Å². The fourth-order valence-corrected chi connectivity index (χ4v) is 2.30. The molecule has 2 atom stereocenters. The number of aromatic nitrogens is 1. The van der Waals surface area contributed by atoms with E-state index in [1.807, 2.05) is 0 Å².